The summed E-state index contributed by atoms with van der Waals surface area (Å²) < 4.78 is 5.43. The van der Waals surface area contributed by atoms with E-state index in [0.29, 0.717) is 23.9 Å². The Hall–Kier alpha value is -3.33. The van der Waals surface area contributed by atoms with E-state index in [1.54, 1.807) is 23.1 Å². The van der Waals surface area contributed by atoms with Gasteiger partial charge in [0.25, 0.3) is 0 Å². The molecule has 4 aromatic heterocycles. The second kappa shape index (κ2) is 8.07. The predicted octanol–water partition coefficient (Wildman–Crippen LogP) is 2.77. The minimum Gasteiger partial charge on any atom is -0.384 e. The molecule has 0 aliphatic heterocycles. The first kappa shape index (κ1) is 19.6. The number of aliphatic hydroxyl groups excluding tert-OH is 1. The molecule has 9 nitrogen and oxygen atoms in total. The molecule has 3 atom stereocenters. The molecule has 1 N–H and O–H groups in total. The van der Waals surface area contributed by atoms with Gasteiger partial charge in [-0.15, -0.1) is 0 Å². The molecule has 0 radical (unpaired) electrons. The molecule has 9 heteroatoms. The Kier molecular flexibility index (Phi) is 5.11. The fraction of sp³-hybridized carbons (Fsp3) is 0.409. The molecular formula is C22H25N7O2. The highest BCUT2D eigenvalue weighted by molar-refractivity contribution is 5.78. The third-order valence-electron chi connectivity index (χ3n) is 6.13. The summed E-state index contributed by atoms with van der Waals surface area (Å²) in [5.74, 6) is 0.614. The number of aliphatic hydroxyl groups is 1. The monoisotopic (exact) mass is 419 g/mol. The Morgan fingerprint density at radius 2 is 1.97 bits per heavy atom. The first-order valence-electron chi connectivity index (χ1n) is 10.7. The molecule has 1 aliphatic rings. The largest absolute Gasteiger partial charge is 0.384 e. The van der Waals surface area contributed by atoms with E-state index in [-0.39, 0.29) is 6.54 Å². The van der Waals surface area contributed by atoms with Gasteiger partial charge in [0, 0.05) is 23.5 Å². The molecule has 0 spiro atoms. The first-order chi connectivity index (χ1) is 15.1. The van der Waals surface area contributed by atoms with Crippen LogP contribution in [0.25, 0.3) is 28.0 Å². The molecule has 0 bridgehead atoms. The van der Waals surface area contributed by atoms with Gasteiger partial charge in [0.1, 0.15) is 12.4 Å². The summed E-state index contributed by atoms with van der Waals surface area (Å²) in [6, 6.07) is 2.37. The van der Waals surface area contributed by atoms with Crippen LogP contribution in [0.3, 0.4) is 0 Å². The van der Waals surface area contributed by atoms with Crippen molar-refractivity contribution >= 4 is 11.8 Å². The van der Waals surface area contributed by atoms with Crippen LogP contribution >= 0.6 is 0 Å². The zero-order chi connectivity index (χ0) is 21.4. The number of aromatic nitrogens is 7. The Bertz CT molecular complexity index is 1210. The molecule has 1 aliphatic carbocycles. The van der Waals surface area contributed by atoms with E-state index in [1.165, 1.54) is 23.9 Å². The van der Waals surface area contributed by atoms with Crippen LogP contribution in [0.5, 0.6) is 0 Å². The molecule has 5 rings (SSSR count). The lowest BCUT2D eigenvalue weighted by atomic mass is 9.86. The highest BCUT2D eigenvalue weighted by Crippen LogP contribution is 2.34. The van der Waals surface area contributed by atoms with Crippen molar-refractivity contribution in [3.8, 4) is 22.5 Å². The molecule has 0 unspecified atom stereocenters. The van der Waals surface area contributed by atoms with Crippen LogP contribution < -0.4 is 0 Å². The van der Waals surface area contributed by atoms with Gasteiger partial charge in [-0.3, -0.25) is 9.36 Å². The number of fused-ring (bicyclic) bond motifs is 1. The molecule has 160 valence electrons. The van der Waals surface area contributed by atoms with Gasteiger partial charge in [0.15, 0.2) is 0 Å². The molecule has 1 fully saturated rings. The minimum absolute atomic E-state index is 0.104. The third kappa shape index (κ3) is 3.76. The zero-order valence-corrected chi connectivity index (χ0v) is 17.4. The summed E-state index contributed by atoms with van der Waals surface area (Å²) >= 11 is 0. The SMILES string of the molecule is C[C@@H]1CCCC[C@H]1n1cc(-c2nc(-c3cnn(C[C@@H](O)C=O)c3)cn3nccc23)cn1. The van der Waals surface area contributed by atoms with E-state index in [9.17, 15) is 9.90 Å². The van der Waals surface area contributed by atoms with Crippen LogP contribution in [0.2, 0.25) is 0 Å². The summed E-state index contributed by atoms with van der Waals surface area (Å²) in [4.78, 5) is 15.6. The van der Waals surface area contributed by atoms with E-state index in [2.05, 4.69) is 33.1 Å². The van der Waals surface area contributed by atoms with Crippen LogP contribution in [0.1, 0.15) is 38.6 Å². The lowest BCUT2D eigenvalue weighted by molar-refractivity contribution is -0.115. The average molecular weight is 419 g/mol. The number of carbonyl (C=O) groups excluding carboxylic acids is 1. The van der Waals surface area contributed by atoms with E-state index in [1.807, 2.05) is 18.5 Å². The molecule has 31 heavy (non-hydrogen) atoms. The van der Waals surface area contributed by atoms with Crippen LogP contribution in [-0.4, -0.2) is 51.7 Å². The van der Waals surface area contributed by atoms with E-state index < -0.39 is 6.10 Å². The van der Waals surface area contributed by atoms with Gasteiger partial charge in [-0.25, -0.2) is 9.50 Å². The standard InChI is InChI=1S/C22H25N7O2/c1-15-4-2-3-5-20(15)28-11-17(9-25-28)22-21-6-7-23-29(21)13-19(26-22)16-8-24-27(10-16)12-18(31)14-30/h6-11,13-15,18,20,31H,2-5,12H2,1H3/t15-,18-,20-/m1/s1. The maximum Gasteiger partial charge on any atom is 0.150 e. The van der Waals surface area contributed by atoms with Crippen molar-refractivity contribution in [2.24, 2.45) is 5.92 Å². The number of hydrogen-bond donors (Lipinski definition) is 1. The van der Waals surface area contributed by atoms with Crippen molar-refractivity contribution in [3.05, 3.63) is 43.2 Å². The number of rotatable bonds is 6. The summed E-state index contributed by atoms with van der Waals surface area (Å²) in [6.07, 6.45) is 15.4. The normalized spacial score (nSPS) is 20.2. The summed E-state index contributed by atoms with van der Waals surface area (Å²) in [5.41, 5.74) is 4.16. The van der Waals surface area contributed by atoms with E-state index in [0.717, 1.165) is 28.8 Å². The number of aldehydes is 1. The van der Waals surface area contributed by atoms with Crippen LogP contribution in [0.15, 0.2) is 43.2 Å². The topological polar surface area (TPSA) is 103 Å². The quantitative estimate of drug-likeness (QED) is 0.482. The zero-order valence-electron chi connectivity index (χ0n) is 17.4. The van der Waals surface area contributed by atoms with Gasteiger partial charge in [0.2, 0.25) is 0 Å². The Morgan fingerprint density at radius 1 is 1.13 bits per heavy atom. The molecular weight excluding hydrogens is 394 g/mol. The second-order valence-corrected chi connectivity index (χ2v) is 8.33. The van der Waals surface area contributed by atoms with Gasteiger partial charge in [-0.2, -0.15) is 15.3 Å². The van der Waals surface area contributed by atoms with Crippen molar-refractivity contribution in [1.82, 2.24) is 34.2 Å². The average Bonchev–Trinajstić information content (AvgIpc) is 3.53. The highest BCUT2D eigenvalue weighted by atomic mass is 16.3. The number of hydrogen-bond acceptors (Lipinski definition) is 6. The molecule has 4 heterocycles. The highest BCUT2D eigenvalue weighted by Gasteiger charge is 2.24. The summed E-state index contributed by atoms with van der Waals surface area (Å²) in [7, 11) is 0. The van der Waals surface area contributed by atoms with Gasteiger partial charge in [0.05, 0.1) is 54.3 Å². The van der Waals surface area contributed by atoms with Crippen molar-refractivity contribution in [2.45, 2.75) is 51.3 Å². The minimum atomic E-state index is -1.09. The Morgan fingerprint density at radius 3 is 2.81 bits per heavy atom. The fourth-order valence-electron chi connectivity index (χ4n) is 4.44. The number of nitrogens with zero attached hydrogens (tertiary/aromatic N) is 7. The van der Waals surface area contributed by atoms with Crippen LogP contribution in [0.4, 0.5) is 0 Å². The van der Waals surface area contributed by atoms with E-state index in [4.69, 9.17) is 4.98 Å². The van der Waals surface area contributed by atoms with Crippen LogP contribution in [0, 0.1) is 5.92 Å². The predicted molar refractivity (Wildman–Crippen MR) is 114 cm³/mol. The lowest BCUT2D eigenvalue weighted by Gasteiger charge is -2.28. The van der Waals surface area contributed by atoms with Gasteiger partial charge in [-0.1, -0.05) is 19.8 Å². The molecule has 0 aromatic carbocycles. The first-order valence-corrected chi connectivity index (χ1v) is 10.7. The van der Waals surface area contributed by atoms with Gasteiger partial charge < -0.3 is 9.90 Å². The Labute approximate surface area is 179 Å². The maximum absolute atomic E-state index is 10.7. The molecule has 4 aromatic rings. The Balaban J connectivity index is 1.51. The van der Waals surface area contributed by atoms with Gasteiger partial charge in [-0.05, 0) is 24.8 Å². The second-order valence-electron chi connectivity index (χ2n) is 8.33. The summed E-state index contributed by atoms with van der Waals surface area (Å²) in [5, 5.41) is 22.9. The number of carbonyl (C=O) groups is 1. The molecule has 1 saturated carbocycles. The van der Waals surface area contributed by atoms with Crippen molar-refractivity contribution < 1.29 is 9.90 Å². The lowest BCUT2D eigenvalue weighted by Crippen LogP contribution is -2.21. The van der Waals surface area contributed by atoms with Crippen molar-refractivity contribution in [3.63, 3.8) is 0 Å². The molecule has 0 amide bonds. The summed E-state index contributed by atoms with van der Waals surface area (Å²) in [6.45, 7) is 2.41. The van der Waals surface area contributed by atoms with Gasteiger partial charge >= 0.3 is 0 Å². The van der Waals surface area contributed by atoms with Crippen molar-refractivity contribution in [2.75, 3.05) is 0 Å². The maximum atomic E-state index is 10.7. The third-order valence-corrected chi connectivity index (χ3v) is 6.13. The van der Waals surface area contributed by atoms with Crippen LogP contribution in [-0.2, 0) is 11.3 Å². The van der Waals surface area contributed by atoms with E-state index >= 15 is 0 Å². The van der Waals surface area contributed by atoms with Crippen molar-refractivity contribution in [1.29, 1.82) is 0 Å². The molecule has 0 saturated heterocycles. The fourth-order valence-corrected chi connectivity index (χ4v) is 4.44. The smallest absolute Gasteiger partial charge is 0.150 e.